The van der Waals surface area contributed by atoms with Crippen molar-refractivity contribution in [3.05, 3.63) is 74.7 Å². The predicted molar refractivity (Wildman–Crippen MR) is 102 cm³/mol. The molecule has 0 aliphatic carbocycles. The smallest absolute Gasteiger partial charge is 0.335 e. The monoisotopic (exact) mass is 383 g/mol. The van der Waals surface area contributed by atoms with Gasteiger partial charge in [0.05, 0.1) is 21.1 Å². The average Bonchev–Trinajstić information content (AvgIpc) is 2.90. The largest absolute Gasteiger partial charge is 0.478 e. The minimum atomic E-state index is -1.06. The van der Waals surface area contributed by atoms with Crippen molar-refractivity contribution in [1.82, 2.24) is 4.90 Å². The van der Waals surface area contributed by atoms with Gasteiger partial charge in [-0.1, -0.05) is 6.07 Å². The van der Waals surface area contributed by atoms with E-state index < -0.39 is 10.9 Å². The van der Waals surface area contributed by atoms with Crippen LogP contribution in [0.3, 0.4) is 0 Å². The van der Waals surface area contributed by atoms with E-state index in [4.69, 9.17) is 5.11 Å². The van der Waals surface area contributed by atoms with Gasteiger partial charge in [-0.2, -0.15) is 0 Å². The fourth-order valence-corrected chi connectivity index (χ4v) is 3.30. The minimum absolute atomic E-state index is 0.0276. The first kappa shape index (κ1) is 18.3. The van der Waals surface area contributed by atoms with Crippen LogP contribution in [-0.2, 0) is 4.79 Å². The number of amides is 1. The lowest BCUT2D eigenvalue weighted by Crippen LogP contribution is -2.23. The van der Waals surface area contributed by atoms with Crippen LogP contribution in [0.5, 0.6) is 0 Å². The number of aliphatic imine (C=N–C) groups is 1. The Bertz CT molecular complexity index is 998. The lowest BCUT2D eigenvalue weighted by molar-refractivity contribution is -0.384. The molecular formula is C18H13N3O5S. The predicted octanol–water partition coefficient (Wildman–Crippen LogP) is 3.53. The third-order valence-corrected chi connectivity index (χ3v) is 4.78. The number of carbonyl (C=O) groups is 2. The van der Waals surface area contributed by atoms with Crippen molar-refractivity contribution in [2.75, 3.05) is 7.05 Å². The molecule has 1 saturated heterocycles. The molecule has 0 radical (unpaired) electrons. The van der Waals surface area contributed by atoms with E-state index in [1.54, 1.807) is 37.4 Å². The van der Waals surface area contributed by atoms with Crippen LogP contribution in [0.2, 0.25) is 0 Å². The second kappa shape index (κ2) is 7.42. The van der Waals surface area contributed by atoms with Crippen LogP contribution in [0.15, 0.2) is 58.4 Å². The molecule has 1 N–H and O–H groups in total. The number of rotatable bonds is 4. The zero-order chi connectivity index (χ0) is 19.6. The minimum Gasteiger partial charge on any atom is -0.478 e. The van der Waals surface area contributed by atoms with Gasteiger partial charge in [0.1, 0.15) is 0 Å². The summed E-state index contributed by atoms with van der Waals surface area (Å²) >= 11 is 1.15. The molecule has 0 bridgehead atoms. The Kier molecular flexibility index (Phi) is 5.04. The molecule has 1 aliphatic rings. The Hall–Kier alpha value is -3.46. The van der Waals surface area contributed by atoms with E-state index in [1.165, 1.54) is 29.2 Å². The molecule has 8 nitrogen and oxygen atoms in total. The quantitative estimate of drug-likeness (QED) is 0.491. The summed E-state index contributed by atoms with van der Waals surface area (Å²) in [6.07, 6.45) is 1.63. The Balaban J connectivity index is 1.87. The zero-order valence-electron chi connectivity index (χ0n) is 14.0. The Morgan fingerprint density at radius 2 is 1.96 bits per heavy atom. The van der Waals surface area contributed by atoms with Crippen LogP contribution >= 0.6 is 11.8 Å². The van der Waals surface area contributed by atoms with Crippen LogP contribution in [0, 0.1) is 10.1 Å². The number of amidine groups is 1. The summed E-state index contributed by atoms with van der Waals surface area (Å²) in [5.41, 5.74) is 1.16. The Morgan fingerprint density at radius 1 is 1.26 bits per heavy atom. The van der Waals surface area contributed by atoms with Gasteiger partial charge in [0.25, 0.3) is 11.6 Å². The zero-order valence-corrected chi connectivity index (χ0v) is 14.8. The number of benzene rings is 2. The van der Waals surface area contributed by atoms with Gasteiger partial charge in [0, 0.05) is 19.2 Å². The maximum Gasteiger partial charge on any atom is 0.335 e. The Morgan fingerprint density at radius 3 is 2.59 bits per heavy atom. The number of hydrogen-bond donors (Lipinski definition) is 1. The average molecular weight is 383 g/mol. The van der Waals surface area contributed by atoms with Gasteiger partial charge >= 0.3 is 5.97 Å². The highest BCUT2D eigenvalue weighted by Crippen LogP contribution is 2.33. The lowest BCUT2D eigenvalue weighted by atomic mass is 10.2. The number of thioether (sulfide) groups is 1. The highest BCUT2D eigenvalue weighted by Gasteiger charge is 2.30. The number of hydrogen-bond acceptors (Lipinski definition) is 6. The van der Waals surface area contributed by atoms with Crippen molar-refractivity contribution in [1.29, 1.82) is 0 Å². The summed E-state index contributed by atoms with van der Waals surface area (Å²) < 4.78 is 0. The number of non-ortho nitro benzene ring substituents is 1. The summed E-state index contributed by atoms with van der Waals surface area (Å²) in [6.45, 7) is 0. The van der Waals surface area contributed by atoms with Crippen molar-refractivity contribution in [3.8, 4) is 0 Å². The number of nitro groups is 1. The van der Waals surface area contributed by atoms with Crippen LogP contribution in [0.25, 0.3) is 6.08 Å². The van der Waals surface area contributed by atoms with E-state index in [1.807, 2.05) is 0 Å². The molecular weight excluding hydrogens is 370 g/mol. The highest BCUT2D eigenvalue weighted by atomic mass is 32.2. The van der Waals surface area contributed by atoms with Crippen molar-refractivity contribution in [2.24, 2.45) is 4.99 Å². The normalized spacial score (nSPS) is 16.9. The molecule has 1 amide bonds. The fraction of sp³-hybridized carbons (Fsp3) is 0.0556. The second-order valence-electron chi connectivity index (χ2n) is 5.57. The maximum atomic E-state index is 12.4. The molecule has 0 aromatic heterocycles. The van der Waals surface area contributed by atoms with Crippen LogP contribution in [0.4, 0.5) is 11.4 Å². The molecule has 9 heteroatoms. The molecule has 1 fully saturated rings. The molecule has 1 heterocycles. The van der Waals surface area contributed by atoms with Crippen LogP contribution in [-0.4, -0.2) is 39.0 Å². The van der Waals surface area contributed by atoms with Gasteiger partial charge in [-0.15, -0.1) is 0 Å². The molecule has 3 rings (SSSR count). The first-order valence-electron chi connectivity index (χ1n) is 7.69. The van der Waals surface area contributed by atoms with E-state index in [0.29, 0.717) is 21.3 Å². The van der Waals surface area contributed by atoms with E-state index in [9.17, 15) is 19.7 Å². The van der Waals surface area contributed by atoms with Gasteiger partial charge in [-0.05, 0) is 53.7 Å². The van der Waals surface area contributed by atoms with Gasteiger partial charge in [-0.3, -0.25) is 19.8 Å². The Labute approximate surface area is 158 Å². The first-order chi connectivity index (χ1) is 12.8. The maximum absolute atomic E-state index is 12.4. The number of aromatic carboxylic acids is 1. The third-order valence-electron chi connectivity index (χ3n) is 3.72. The number of nitrogens with zero attached hydrogens (tertiary/aromatic N) is 3. The number of likely N-dealkylation sites (N-methyl/N-ethyl adjacent to an activating group) is 1. The number of nitro benzene ring substituents is 1. The SMILES string of the molecule is CN1C(=O)/C(=C/c2ccc([N+](=O)[O-])cc2)SC1=Nc1cccc(C(=O)O)c1. The van der Waals surface area contributed by atoms with Gasteiger partial charge in [0.2, 0.25) is 0 Å². The van der Waals surface area contributed by atoms with Crippen molar-refractivity contribution < 1.29 is 19.6 Å². The van der Waals surface area contributed by atoms with Gasteiger partial charge in [0.15, 0.2) is 5.17 Å². The fourth-order valence-electron chi connectivity index (χ4n) is 2.31. The molecule has 1 aliphatic heterocycles. The summed E-state index contributed by atoms with van der Waals surface area (Å²) in [5.74, 6) is -1.31. The van der Waals surface area contributed by atoms with Crippen molar-refractivity contribution in [3.63, 3.8) is 0 Å². The van der Waals surface area contributed by atoms with Crippen molar-refractivity contribution in [2.45, 2.75) is 0 Å². The molecule has 0 spiro atoms. The molecule has 2 aromatic carbocycles. The van der Waals surface area contributed by atoms with E-state index in [2.05, 4.69) is 4.99 Å². The van der Waals surface area contributed by atoms with Gasteiger partial charge in [-0.25, -0.2) is 9.79 Å². The topological polar surface area (TPSA) is 113 Å². The first-order valence-corrected chi connectivity index (χ1v) is 8.51. The van der Waals surface area contributed by atoms with E-state index in [-0.39, 0.29) is 17.2 Å². The van der Waals surface area contributed by atoms with Crippen molar-refractivity contribution >= 4 is 46.3 Å². The number of carboxylic acids is 1. The summed E-state index contributed by atoms with van der Waals surface area (Å²) in [5, 5.41) is 20.2. The van der Waals surface area contributed by atoms with Crippen LogP contribution < -0.4 is 0 Å². The number of carboxylic acid groups (broad SMARTS) is 1. The molecule has 0 saturated carbocycles. The third kappa shape index (κ3) is 4.04. The lowest BCUT2D eigenvalue weighted by Gasteiger charge is -2.07. The summed E-state index contributed by atoms with van der Waals surface area (Å²) in [7, 11) is 1.58. The molecule has 136 valence electrons. The molecule has 0 atom stereocenters. The van der Waals surface area contributed by atoms with E-state index in [0.717, 1.165) is 11.8 Å². The standard InChI is InChI=1S/C18H13N3O5S/c1-20-16(22)15(9-11-5-7-14(8-6-11)21(25)26)27-18(20)19-13-4-2-3-12(10-13)17(23)24/h2-10H,1H3,(H,23,24)/b15-9-,19-18?. The summed E-state index contributed by atoms with van der Waals surface area (Å²) in [4.78, 5) is 39.8. The second-order valence-corrected chi connectivity index (χ2v) is 6.58. The van der Waals surface area contributed by atoms with Crippen LogP contribution in [0.1, 0.15) is 15.9 Å². The molecule has 0 unspecified atom stereocenters. The molecule has 27 heavy (non-hydrogen) atoms. The number of carbonyl (C=O) groups excluding carboxylic acids is 1. The van der Waals surface area contributed by atoms with Gasteiger partial charge < -0.3 is 5.11 Å². The van der Waals surface area contributed by atoms with E-state index >= 15 is 0 Å². The highest BCUT2D eigenvalue weighted by molar-refractivity contribution is 8.18. The summed E-state index contributed by atoms with van der Waals surface area (Å²) in [6, 6.07) is 12.0. The molecule has 2 aromatic rings.